The van der Waals surface area contributed by atoms with Crippen LogP contribution in [0.15, 0.2) is 35.6 Å². The van der Waals surface area contributed by atoms with Gasteiger partial charge >= 0.3 is 6.18 Å². The fraction of sp³-hybridized carbons (Fsp3) is 0.278. The molecule has 0 bridgehead atoms. The summed E-state index contributed by atoms with van der Waals surface area (Å²) in [5, 5.41) is 7.82. The number of fused-ring (bicyclic) bond motifs is 2. The molecule has 10 nitrogen and oxygen atoms in total. The van der Waals surface area contributed by atoms with E-state index in [1.807, 2.05) is 0 Å². The van der Waals surface area contributed by atoms with Gasteiger partial charge in [0, 0.05) is 26.5 Å². The van der Waals surface area contributed by atoms with Gasteiger partial charge in [-0.15, -0.1) is 5.10 Å². The molecule has 32 heavy (non-hydrogen) atoms. The molecule has 0 aliphatic carbocycles. The van der Waals surface area contributed by atoms with Crippen LogP contribution in [-0.2, 0) is 16.0 Å². The average Bonchev–Trinajstić information content (AvgIpc) is 3.33. The Morgan fingerprint density at radius 2 is 1.91 bits per heavy atom. The number of amides is 1. The maximum absolute atomic E-state index is 13.1. The molecule has 4 aromatic heterocycles. The molecule has 0 N–H and O–H groups in total. The molecular formula is C18H16F3N7O3S. The molecule has 4 heterocycles. The number of alkyl halides is 3. The number of carbonyl (C=O) groups is 1. The Hall–Kier alpha value is -3.55. The summed E-state index contributed by atoms with van der Waals surface area (Å²) in [5.41, 5.74) is -1.15. The molecule has 14 heteroatoms. The van der Waals surface area contributed by atoms with Crippen LogP contribution in [0.4, 0.5) is 13.2 Å². The number of aromatic nitrogens is 6. The molecule has 0 saturated heterocycles. The van der Waals surface area contributed by atoms with E-state index < -0.39 is 32.5 Å². The number of sulfone groups is 1. The Balaban J connectivity index is 2.04. The fourth-order valence-corrected chi connectivity index (χ4v) is 4.00. The van der Waals surface area contributed by atoms with E-state index in [9.17, 15) is 26.4 Å². The number of nitrogens with zero attached hydrogens (tertiary/aromatic N) is 7. The lowest BCUT2D eigenvalue weighted by Crippen LogP contribution is -2.24. The van der Waals surface area contributed by atoms with Crippen LogP contribution in [0.25, 0.3) is 22.7 Å². The summed E-state index contributed by atoms with van der Waals surface area (Å²) in [7, 11) is -0.900. The minimum absolute atomic E-state index is 0.0170. The molecule has 168 valence electrons. The molecule has 0 saturated carbocycles. The lowest BCUT2D eigenvalue weighted by atomic mass is 10.2. The van der Waals surface area contributed by atoms with Crippen molar-refractivity contribution in [2.24, 2.45) is 0 Å². The molecule has 0 spiro atoms. The van der Waals surface area contributed by atoms with E-state index in [-0.39, 0.29) is 34.1 Å². The monoisotopic (exact) mass is 467 g/mol. The predicted octanol–water partition coefficient (Wildman–Crippen LogP) is 1.95. The summed E-state index contributed by atoms with van der Waals surface area (Å²) in [6, 6.07) is 3.00. The minimum atomic E-state index is -4.59. The van der Waals surface area contributed by atoms with Gasteiger partial charge in [0.25, 0.3) is 5.91 Å². The Morgan fingerprint density at radius 1 is 1.19 bits per heavy atom. The van der Waals surface area contributed by atoms with E-state index in [2.05, 4.69) is 20.2 Å². The Labute approximate surface area is 179 Å². The molecule has 1 amide bonds. The first-order valence-electron chi connectivity index (χ1n) is 9.20. The first-order valence-corrected chi connectivity index (χ1v) is 10.9. The quantitative estimate of drug-likeness (QED) is 0.451. The highest BCUT2D eigenvalue weighted by Gasteiger charge is 2.32. The normalized spacial score (nSPS) is 12.6. The first-order chi connectivity index (χ1) is 14.9. The molecular weight excluding hydrogens is 451 g/mol. The van der Waals surface area contributed by atoms with Gasteiger partial charge in [0.05, 0.1) is 11.3 Å². The average molecular weight is 467 g/mol. The van der Waals surface area contributed by atoms with Gasteiger partial charge in [0.15, 0.2) is 32.0 Å². The molecule has 0 aliphatic heterocycles. The van der Waals surface area contributed by atoms with E-state index in [0.29, 0.717) is 0 Å². The molecule has 0 aliphatic rings. The molecule has 0 fully saturated rings. The maximum atomic E-state index is 13.1. The standard InChI is InChI=1S/C18H16F3N7O3S/c1-4-32(30,31)16-13(15-22-7-5-11(28(15)25-16)17(29)26(2)3)14-23-12-9-10(18(19,20)21)6-8-27(12)24-14/h5-9H,4H2,1-3H3. The summed E-state index contributed by atoms with van der Waals surface area (Å²) in [4.78, 5) is 22.1. The van der Waals surface area contributed by atoms with Crippen molar-refractivity contribution in [2.45, 2.75) is 18.1 Å². The van der Waals surface area contributed by atoms with Gasteiger partial charge < -0.3 is 4.90 Å². The zero-order chi connectivity index (χ0) is 23.4. The number of hydrogen-bond donors (Lipinski definition) is 0. The fourth-order valence-electron chi connectivity index (χ4n) is 3.03. The van der Waals surface area contributed by atoms with Crippen molar-refractivity contribution in [3.05, 3.63) is 41.9 Å². The minimum Gasteiger partial charge on any atom is -0.343 e. The maximum Gasteiger partial charge on any atom is 0.416 e. The van der Waals surface area contributed by atoms with E-state index in [1.165, 1.54) is 38.2 Å². The Kier molecular flexibility index (Phi) is 4.91. The van der Waals surface area contributed by atoms with E-state index >= 15 is 0 Å². The Morgan fingerprint density at radius 3 is 2.53 bits per heavy atom. The number of rotatable bonds is 4. The first kappa shape index (κ1) is 21.7. The highest BCUT2D eigenvalue weighted by Crippen LogP contribution is 2.32. The van der Waals surface area contributed by atoms with E-state index in [0.717, 1.165) is 27.4 Å². The van der Waals surface area contributed by atoms with Gasteiger partial charge in [0.1, 0.15) is 11.3 Å². The molecule has 4 rings (SSSR count). The number of hydrogen-bond acceptors (Lipinski definition) is 7. The van der Waals surface area contributed by atoms with Gasteiger partial charge in [-0.3, -0.25) is 4.79 Å². The van der Waals surface area contributed by atoms with Crippen molar-refractivity contribution in [1.29, 1.82) is 0 Å². The SMILES string of the molecule is CCS(=O)(=O)c1nn2c(C(=O)N(C)C)ccnc2c1-c1nc2cc(C(F)(F)F)ccn2n1. The second-order valence-electron chi connectivity index (χ2n) is 7.00. The van der Waals surface area contributed by atoms with Crippen molar-refractivity contribution < 1.29 is 26.4 Å². The number of halogens is 3. The second-order valence-corrected chi connectivity index (χ2v) is 9.19. The topological polar surface area (TPSA) is 115 Å². The van der Waals surface area contributed by atoms with Gasteiger partial charge in [0.2, 0.25) is 0 Å². The van der Waals surface area contributed by atoms with Crippen molar-refractivity contribution >= 4 is 27.0 Å². The molecule has 0 radical (unpaired) electrons. The second kappa shape index (κ2) is 7.25. The molecule has 4 aromatic rings. The number of carbonyl (C=O) groups excluding carboxylic acids is 1. The third kappa shape index (κ3) is 3.45. The van der Waals surface area contributed by atoms with Crippen molar-refractivity contribution in [1.82, 2.24) is 34.1 Å². The summed E-state index contributed by atoms with van der Waals surface area (Å²) in [6.45, 7) is 1.41. The highest BCUT2D eigenvalue weighted by molar-refractivity contribution is 7.91. The van der Waals surface area contributed by atoms with E-state index in [1.54, 1.807) is 0 Å². The zero-order valence-electron chi connectivity index (χ0n) is 17.0. The number of pyridine rings is 1. The predicted molar refractivity (Wildman–Crippen MR) is 106 cm³/mol. The third-order valence-electron chi connectivity index (χ3n) is 4.67. The largest absolute Gasteiger partial charge is 0.416 e. The molecule has 0 aromatic carbocycles. The van der Waals surface area contributed by atoms with Crippen LogP contribution in [0.1, 0.15) is 23.0 Å². The summed E-state index contributed by atoms with van der Waals surface area (Å²) in [6.07, 6.45) is -2.21. The summed E-state index contributed by atoms with van der Waals surface area (Å²) < 4.78 is 66.9. The van der Waals surface area contributed by atoms with Crippen molar-refractivity contribution in [3.63, 3.8) is 0 Å². The van der Waals surface area contributed by atoms with Crippen LogP contribution in [0.5, 0.6) is 0 Å². The van der Waals surface area contributed by atoms with Crippen LogP contribution >= 0.6 is 0 Å². The zero-order valence-corrected chi connectivity index (χ0v) is 17.8. The van der Waals surface area contributed by atoms with Crippen LogP contribution < -0.4 is 0 Å². The van der Waals surface area contributed by atoms with Crippen LogP contribution in [0.2, 0.25) is 0 Å². The van der Waals surface area contributed by atoms with Crippen molar-refractivity contribution in [2.75, 3.05) is 19.8 Å². The van der Waals surface area contributed by atoms with Crippen molar-refractivity contribution in [3.8, 4) is 11.4 Å². The van der Waals surface area contributed by atoms with Gasteiger partial charge in [-0.25, -0.2) is 27.4 Å². The van der Waals surface area contributed by atoms with Gasteiger partial charge in [-0.05, 0) is 18.2 Å². The smallest absolute Gasteiger partial charge is 0.343 e. The lowest BCUT2D eigenvalue weighted by Gasteiger charge is -2.10. The van der Waals surface area contributed by atoms with Crippen LogP contribution in [0, 0.1) is 0 Å². The van der Waals surface area contributed by atoms with Gasteiger partial charge in [-0.1, -0.05) is 6.92 Å². The van der Waals surface area contributed by atoms with Crippen LogP contribution in [0.3, 0.4) is 0 Å². The highest BCUT2D eigenvalue weighted by atomic mass is 32.2. The lowest BCUT2D eigenvalue weighted by molar-refractivity contribution is -0.137. The van der Waals surface area contributed by atoms with Gasteiger partial charge in [-0.2, -0.15) is 18.3 Å². The Bertz CT molecular complexity index is 1470. The summed E-state index contributed by atoms with van der Waals surface area (Å²) in [5.74, 6) is -0.954. The third-order valence-corrected chi connectivity index (χ3v) is 6.31. The summed E-state index contributed by atoms with van der Waals surface area (Å²) >= 11 is 0. The molecule has 0 atom stereocenters. The van der Waals surface area contributed by atoms with E-state index in [4.69, 9.17) is 0 Å². The molecule has 0 unspecified atom stereocenters. The van der Waals surface area contributed by atoms with Crippen LogP contribution in [-0.4, -0.2) is 68.3 Å².